The van der Waals surface area contributed by atoms with Gasteiger partial charge in [0.25, 0.3) is 5.71 Å². The minimum absolute atomic E-state index is 0.119. The number of piperidine rings is 2. The molecule has 0 unspecified atom stereocenters. The lowest BCUT2D eigenvalue weighted by Gasteiger charge is -2.32. The smallest absolute Gasteiger partial charge is 0.324 e. The van der Waals surface area contributed by atoms with Gasteiger partial charge in [0.05, 0.1) is 6.61 Å². The number of benzene rings is 2. The number of rotatable bonds is 4. The molecule has 0 N–H and O–H groups in total. The minimum atomic E-state index is -0.599. The average molecular weight is 447 g/mol. The Kier molecular flexibility index (Phi) is 4.78. The first-order chi connectivity index (χ1) is 16.2. The average Bonchev–Trinajstić information content (AvgIpc) is 3.29. The second kappa shape index (κ2) is 7.83. The van der Waals surface area contributed by atoms with Gasteiger partial charge >= 0.3 is 5.91 Å². The summed E-state index contributed by atoms with van der Waals surface area (Å²) in [6.45, 7) is 1.30. The molecule has 0 atom stereocenters. The third kappa shape index (κ3) is 3.17. The molecule has 0 aromatic heterocycles. The normalized spacial score (nSPS) is 20.0. The molecule has 2 saturated heterocycles. The third-order valence-corrected chi connectivity index (χ3v) is 7.02. The molecule has 2 aromatic carbocycles. The number of hydrogen-bond donors (Lipinski definition) is 0. The van der Waals surface area contributed by atoms with Gasteiger partial charge in [-0.3, -0.25) is 9.59 Å². The van der Waals surface area contributed by atoms with Crippen molar-refractivity contribution in [2.45, 2.75) is 32.1 Å². The molecule has 33 heavy (non-hydrogen) atoms. The van der Waals surface area contributed by atoms with E-state index in [1.807, 2.05) is 47.4 Å². The maximum absolute atomic E-state index is 13.9. The molecule has 2 aromatic rings. The summed E-state index contributed by atoms with van der Waals surface area (Å²) < 4.78 is 21.3. The first-order valence-electron chi connectivity index (χ1n) is 11.6. The van der Waals surface area contributed by atoms with Crippen LogP contribution in [-0.4, -0.2) is 48.5 Å². The number of alkyl halides is 1. The number of carbonyl (C=O) groups excluding carboxylic acids is 2. The fourth-order valence-corrected chi connectivity index (χ4v) is 5.30. The molecule has 4 aliphatic rings. The van der Waals surface area contributed by atoms with Crippen molar-refractivity contribution in [1.29, 1.82) is 0 Å². The van der Waals surface area contributed by atoms with Gasteiger partial charge < -0.3 is 14.5 Å². The van der Waals surface area contributed by atoms with Gasteiger partial charge in [-0.15, -0.1) is 4.58 Å². The molecule has 0 saturated carbocycles. The summed E-state index contributed by atoms with van der Waals surface area (Å²) in [5.41, 5.74) is 5.51. The first kappa shape index (κ1) is 20.1. The summed E-state index contributed by atoms with van der Waals surface area (Å²) in [4.78, 5) is 29.3. The van der Waals surface area contributed by atoms with Crippen LogP contribution in [0.15, 0.2) is 53.7 Å². The Labute approximate surface area is 191 Å². The lowest BCUT2D eigenvalue weighted by atomic mass is 9.91. The maximum atomic E-state index is 13.9. The van der Waals surface area contributed by atoms with Gasteiger partial charge in [0.1, 0.15) is 11.3 Å². The van der Waals surface area contributed by atoms with Crippen molar-refractivity contribution in [3.05, 3.63) is 59.3 Å². The van der Waals surface area contributed by atoms with Crippen LogP contribution in [0.5, 0.6) is 5.75 Å². The van der Waals surface area contributed by atoms with Crippen LogP contribution >= 0.6 is 0 Å². The second-order valence-corrected chi connectivity index (χ2v) is 8.86. The van der Waals surface area contributed by atoms with E-state index in [0.29, 0.717) is 37.4 Å². The number of anilines is 2. The van der Waals surface area contributed by atoms with Crippen molar-refractivity contribution < 1.29 is 23.3 Å². The van der Waals surface area contributed by atoms with Crippen LogP contribution in [0.3, 0.4) is 0 Å². The lowest BCUT2D eigenvalue weighted by Crippen LogP contribution is -2.51. The van der Waals surface area contributed by atoms with Crippen LogP contribution in [0.2, 0.25) is 0 Å². The molecule has 4 heterocycles. The standard InChI is InChI=1S/C26H25FN3O3/c27-16-22-21-10-13-29(19-6-4-18(5-7-19)28-12-2-1-3-24(28)31)26(32)25(21)30(22)20-8-9-23-17(15-20)11-14-33-23/h4-9,15H,1-3,10-14,16H2/q+1. The highest BCUT2D eigenvalue weighted by Crippen LogP contribution is 2.38. The predicted octanol–water partition coefficient (Wildman–Crippen LogP) is 3.90. The molecule has 168 valence electrons. The zero-order valence-corrected chi connectivity index (χ0v) is 18.3. The fourth-order valence-electron chi connectivity index (χ4n) is 5.30. The van der Waals surface area contributed by atoms with Crippen molar-refractivity contribution in [3.8, 4) is 5.75 Å². The zero-order valence-electron chi connectivity index (χ0n) is 18.3. The van der Waals surface area contributed by atoms with Gasteiger partial charge in [-0.2, -0.15) is 0 Å². The lowest BCUT2D eigenvalue weighted by molar-refractivity contribution is -0.402. The predicted molar refractivity (Wildman–Crippen MR) is 123 cm³/mol. The molecule has 0 aliphatic carbocycles. The van der Waals surface area contributed by atoms with Crippen molar-refractivity contribution >= 4 is 34.6 Å². The third-order valence-electron chi connectivity index (χ3n) is 7.02. The Morgan fingerprint density at radius 3 is 2.45 bits per heavy atom. The largest absolute Gasteiger partial charge is 0.493 e. The molecular formula is C26H25FN3O3+. The Bertz CT molecular complexity index is 1230. The van der Waals surface area contributed by atoms with Crippen molar-refractivity contribution in [2.75, 3.05) is 36.2 Å². The van der Waals surface area contributed by atoms with E-state index < -0.39 is 6.67 Å². The summed E-state index contributed by atoms with van der Waals surface area (Å²) in [7, 11) is 0. The molecular weight excluding hydrogens is 421 g/mol. The molecule has 2 amide bonds. The SMILES string of the molecule is O=C1CCCCN1c1ccc(N2CCC3=C(CF)[N+](c4ccc5c(c4)CCO5)=C3C2=O)cc1. The fraction of sp³-hybridized carbons (Fsp3) is 0.346. The molecule has 6 nitrogen and oxygen atoms in total. The molecule has 4 aliphatic heterocycles. The van der Waals surface area contributed by atoms with Gasteiger partial charge in [-0.05, 0) is 43.2 Å². The second-order valence-electron chi connectivity index (χ2n) is 8.86. The molecule has 6 rings (SSSR count). The van der Waals surface area contributed by atoms with E-state index >= 15 is 0 Å². The quantitative estimate of drug-likeness (QED) is 0.670. The molecule has 7 heteroatoms. The van der Waals surface area contributed by atoms with E-state index in [1.165, 1.54) is 0 Å². The molecule has 0 spiro atoms. The Morgan fingerprint density at radius 2 is 1.70 bits per heavy atom. The van der Waals surface area contributed by atoms with E-state index in [0.717, 1.165) is 59.8 Å². The Hall–Kier alpha value is -3.48. The first-order valence-corrected chi connectivity index (χ1v) is 11.6. The van der Waals surface area contributed by atoms with E-state index in [9.17, 15) is 14.0 Å². The van der Waals surface area contributed by atoms with Crippen molar-refractivity contribution in [2.24, 2.45) is 0 Å². The minimum Gasteiger partial charge on any atom is -0.493 e. The van der Waals surface area contributed by atoms with Gasteiger partial charge in [-0.25, -0.2) is 4.39 Å². The Balaban J connectivity index is 1.30. The van der Waals surface area contributed by atoms with Gasteiger partial charge in [-0.1, -0.05) is 0 Å². The van der Waals surface area contributed by atoms with Gasteiger partial charge in [0.15, 0.2) is 6.67 Å². The van der Waals surface area contributed by atoms with Crippen LogP contribution < -0.4 is 14.5 Å². The van der Waals surface area contributed by atoms with Crippen LogP contribution in [-0.2, 0) is 16.0 Å². The summed E-state index contributed by atoms with van der Waals surface area (Å²) in [6, 6.07) is 13.4. The van der Waals surface area contributed by atoms with E-state index in [-0.39, 0.29) is 11.8 Å². The Morgan fingerprint density at radius 1 is 0.909 bits per heavy atom. The van der Waals surface area contributed by atoms with Crippen LogP contribution in [0.4, 0.5) is 21.5 Å². The molecule has 2 fully saturated rings. The monoisotopic (exact) mass is 446 g/mol. The summed E-state index contributed by atoms with van der Waals surface area (Å²) in [5, 5.41) is 0. The van der Waals surface area contributed by atoms with Crippen molar-refractivity contribution in [1.82, 2.24) is 0 Å². The number of ether oxygens (including phenoxy) is 1. The number of hydrogen-bond acceptors (Lipinski definition) is 3. The number of carbonyl (C=O) groups is 2. The number of fused-ring (bicyclic) bond motifs is 2. The topological polar surface area (TPSA) is 52.9 Å². The number of halogens is 1. The zero-order chi connectivity index (χ0) is 22.5. The van der Waals surface area contributed by atoms with Gasteiger partial charge in [0.2, 0.25) is 17.3 Å². The molecule has 0 bridgehead atoms. The van der Waals surface area contributed by atoms with Crippen LogP contribution in [0.1, 0.15) is 31.2 Å². The van der Waals surface area contributed by atoms with Crippen molar-refractivity contribution in [3.63, 3.8) is 0 Å². The van der Waals surface area contributed by atoms with E-state index in [4.69, 9.17) is 4.74 Å². The van der Waals surface area contributed by atoms with E-state index in [1.54, 1.807) is 9.48 Å². The maximum Gasteiger partial charge on any atom is 0.324 e. The van der Waals surface area contributed by atoms with Crippen LogP contribution in [0, 0.1) is 0 Å². The highest BCUT2D eigenvalue weighted by molar-refractivity contribution is 6.49. The number of amides is 2. The number of allylic oxidation sites excluding steroid dienone is 1. The van der Waals surface area contributed by atoms with Crippen LogP contribution in [0.25, 0.3) is 0 Å². The summed E-state index contributed by atoms with van der Waals surface area (Å²) in [6.07, 6.45) is 3.98. The highest BCUT2D eigenvalue weighted by atomic mass is 19.1. The number of nitrogens with zero attached hydrogens (tertiary/aromatic N) is 3. The van der Waals surface area contributed by atoms with Gasteiger partial charge in [0, 0.05) is 61.4 Å². The van der Waals surface area contributed by atoms with E-state index in [2.05, 4.69) is 0 Å². The highest BCUT2D eigenvalue weighted by Gasteiger charge is 2.49. The molecule has 0 radical (unpaired) electrons. The summed E-state index contributed by atoms with van der Waals surface area (Å²) in [5.74, 6) is 0.892. The summed E-state index contributed by atoms with van der Waals surface area (Å²) >= 11 is 0.